The summed E-state index contributed by atoms with van der Waals surface area (Å²) in [4.78, 5) is 23.2. The van der Waals surface area contributed by atoms with E-state index in [-0.39, 0.29) is 34.9 Å². The molecule has 2 aromatic carbocycles. The normalized spacial score (nSPS) is 18.4. The fraction of sp³-hybridized carbons (Fsp3) is 0.433. The third-order valence-corrected chi connectivity index (χ3v) is 8.72. The minimum atomic E-state index is -4.72. The predicted octanol–water partition coefficient (Wildman–Crippen LogP) is 3.68. The topological polar surface area (TPSA) is 155 Å². The summed E-state index contributed by atoms with van der Waals surface area (Å²) in [7, 11) is 5.38. The Labute approximate surface area is 264 Å². The number of alkyl halides is 3. The molecule has 0 spiro atoms. The summed E-state index contributed by atoms with van der Waals surface area (Å²) in [6.45, 7) is 1.83. The van der Waals surface area contributed by atoms with Crippen LogP contribution in [-0.4, -0.2) is 88.7 Å². The molecule has 1 saturated heterocycles. The van der Waals surface area contributed by atoms with Gasteiger partial charge < -0.3 is 36.0 Å². The first-order chi connectivity index (χ1) is 20.6. The van der Waals surface area contributed by atoms with Crippen LogP contribution in [0.2, 0.25) is 0 Å². The smallest absolute Gasteiger partial charge is 0.423 e. The van der Waals surface area contributed by atoms with E-state index in [1.807, 2.05) is 41.9 Å². The van der Waals surface area contributed by atoms with Gasteiger partial charge in [-0.3, -0.25) is 4.79 Å². The summed E-state index contributed by atoms with van der Waals surface area (Å²) >= 11 is 1.47. The van der Waals surface area contributed by atoms with Crippen molar-refractivity contribution < 1.29 is 38.4 Å². The minimum absolute atomic E-state index is 0. The van der Waals surface area contributed by atoms with Crippen molar-refractivity contribution in [3.63, 3.8) is 0 Å². The molecule has 0 saturated carbocycles. The molecule has 3 aromatic rings. The molecule has 6 N–H and O–H groups in total. The van der Waals surface area contributed by atoms with Crippen molar-refractivity contribution in [3.05, 3.63) is 70.9 Å². The van der Waals surface area contributed by atoms with Crippen molar-refractivity contribution >= 4 is 29.5 Å². The summed E-state index contributed by atoms with van der Waals surface area (Å²) in [5.74, 6) is -0.566. The van der Waals surface area contributed by atoms with Crippen LogP contribution in [-0.2, 0) is 12.6 Å². The number of benzene rings is 2. The van der Waals surface area contributed by atoms with Gasteiger partial charge in [0.2, 0.25) is 11.8 Å². The number of likely N-dealkylation sites (tertiary alicyclic amines) is 1. The van der Waals surface area contributed by atoms with Crippen LogP contribution < -0.4 is 20.1 Å². The van der Waals surface area contributed by atoms with E-state index in [2.05, 4.69) is 32.5 Å². The van der Waals surface area contributed by atoms with Crippen molar-refractivity contribution in [2.24, 2.45) is 0 Å². The molecule has 11 nitrogen and oxygen atoms in total. The van der Waals surface area contributed by atoms with Crippen LogP contribution in [0.15, 0.2) is 48.7 Å². The maximum atomic E-state index is 14.0. The van der Waals surface area contributed by atoms with Gasteiger partial charge in [-0.2, -0.15) is 18.2 Å². The largest absolute Gasteiger partial charge is 0.495 e. The van der Waals surface area contributed by atoms with E-state index in [4.69, 9.17) is 9.47 Å². The molecule has 1 aliphatic heterocycles. The summed E-state index contributed by atoms with van der Waals surface area (Å²) in [6.07, 6.45) is -0.522. The van der Waals surface area contributed by atoms with E-state index >= 15 is 0 Å². The van der Waals surface area contributed by atoms with Gasteiger partial charge in [-0.05, 0) is 75.6 Å². The van der Waals surface area contributed by atoms with Gasteiger partial charge >= 0.3 is 6.18 Å². The SMILES string of the molecule is COc1cc(C(=O)NC2CCN(C)CC2)ccc1Nc1ncc(C(F)(F)F)c(O[C@@H]2Cc3ccccc3[C@H]2N(C)SC)n1.O.O. The quantitative estimate of drug-likeness (QED) is 0.330. The average Bonchev–Trinajstić information content (AvgIpc) is 3.35. The molecular weight excluding hydrogens is 613 g/mol. The molecule has 2 atom stereocenters. The number of methoxy groups -OCH3 is 1. The van der Waals surface area contributed by atoms with Crippen LogP contribution in [0.25, 0.3) is 0 Å². The summed E-state index contributed by atoms with van der Waals surface area (Å²) in [5, 5.41) is 6.00. The molecule has 1 aliphatic carbocycles. The molecule has 1 fully saturated rings. The molecule has 5 rings (SSSR count). The van der Waals surface area contributed by atoms with Crippen molar-refractivity contribution in [1.29, 1.82) is 0 Å². The number of carbonyl (C=O) groups is 1. The number of nitrogens with zero attached hydrogens (tertiary/aromatic N) is 4. The van der Waals surface area contributed by atoms with E-state index in [9.17, 15) is 18.0 Å². The van der Waals surface area contributed by atoms with Gasteiger partial charge in [0, 0.05) is 24.2 Å². The molecule has 45 heavy (non-hydrogen) atoms. The minimum Gasteiger partial charge on any atom is -0.495 e. The van der Waals surface area contributed by atoms with Crippen LogP contribution in [0, 0.1) is 0 Å². The molecule has 2 heterocycles. The zero-order chi connectivity index (χ0) is 30.7. The van der Waals surface area contributed by atoms with Crippen LogP contribution >= 0.6 is 11.9 Å². The maximum Gasteiger partial charge on any atom is 0.423 e. The number of halogens is 3. The molecular formula is C30H39F3N6O5S. The molecule has 1 aromatic heterocycles. The Morgan fingerprint density at radius 2 is 1.84 bits per heavy atom. The zero-order valence-corrected chi connectivity index (χ0v) is 26.3. The fourth-order valence-electron chi connectivity index (χ4n) is 5.52. The lowest BCUT2D eigenvalue weighted by atomic mass is 10.0. The fourth-order valence-corrected chi connectivity index (χ4v) is 6.00. The Kier molecular flexibility index (Phi) is 12.0. The van der Waals surface area contributed by atoms with Gasteiger partial charge in [0.05, 0.1) is 18.8 Å². The van der Waals surface area contributed by atoms with Crippen molar-refractivity contribution in [2.45, 2.75) is 43.6 Å². The van der Waals surface area contributed by atoms with Crippen molar-refractivity contribution in [2.75, 3.05) is 45.9 Å². The Morgan fingerprint density at radius 1 is 1.13 bits per heavy atom. The Balaban J connectivity index is 0.00000276. The highest BCUT2D eigenvalue weighted by molar-refractivity contribution is 7.96. The molecule has 15 heteroatoms. The maximum absolute atomic E-state index is 14.0. The van der Waals surface area contributed by atoms with Gasteiger partial charge in [-0.15, -0.1) is 0 Å². The number of fused-ring (bicyclic) bond motifs is 1. The molecule has 0 radical (unpaired) electrons. The van der Waals surface area contributed by atoms with Gasteiger partial charge in [-0.25, -0.2) is 9.29 Å². The highest BCUT2D eigenvalue weighted by atomic mass is 32.2. The van der Waals surface area contributed by atoms with Crippen LogP contribution in [0.4, 0.5) is 24.8 Å². The van der Waals surface area contributed by atoms with Gasteiger partial charge in [-0.1, -0.05) is 36.2 Å². The second kappa shape index (κ2) is 15.1. The summed E-state index contributed by atoms with van der Waals surface area (Å²) in [6, 6.07) is 12.4. The second-order valence-electron chi connectivity index (χ2n) is 10.7. The van der Waals surface area contributed by atoms with Crippen molar-refractivity contribution in [3.8, 4) is 11.6 Å². The number of ether oxygens (including phenoxy) is 2. The van der Waals surface area contributed by atoms with E-state index < -0.39 is 23.7 Å². The first-order valence-electron chi connectivity index (χ1n) is 14.0. The number of hydrogen-bond donors (Lipinski definition) is 2. The number of likely N-dealkylation sites (N-methyl/N-ethyl adjacent to an activating group) is 1. The lowest BCUT2D eigenvalue weighted by Crippen LogP contribution is -2.43. The zero-order valence-electron chi connectivity index (χ0n) is 25.4. The Bertz CT molecular complexity index is 1460. The van der Waals surface area contributed by atoms with E-state index in [1.165, 1.54) is 19.1 Å². The molecule has 2 aliphatic rings. The summed E-state index contributed by atoms with van der Waals surface area (Å²) < 4.78 is 55.6. The Hall–Kier alpha value is -3.63. The number of rotatable bonds is 9. The standard InChI is InChI=1S/C30H35F3N6O3S.2H2O/c1-38-13-11-20(12-14-38)35-27(40)19-9-10-23(24(16-19)41-3)36-29-34-17-22(30(31,32)33)28(37-29)42-25-15-18-7-5-6-8-21(18)26(25)39(2)43-4;;/h5-10,16-17,20,25-26H,11-15H2,1-4H3,(H,35,40)(H,34,36,37);2*1H2/t25-,26-;;/m1../s1. The van der Waals surface area contributed by atoms with E-state index in [1.54, 1.807) is 18.2 Å². The number of amides is 1. The number of nitrogens with one attached hydrogen (secondary N) is 2. The number of aromatic nitrogens is 2. The second-order valence-corrected chi connectivity index (χ2v) is 11.7. The number of piperidine rings is 1. The van der Waals surface area contributed by atoms with Crippen molar-refractivity contribution in [1.82, 2.24) is 24.5 Å². The van der Waals surface area contributed by atoms with Crippen LogP contribution in [0.3, 0.4) is 0 Å². The number of anilines is 2. The van der Waals surface area contributed by atoms with E-state index in [0.29, 0.717) is 23.4 Å². The lowest BCUT2D eigenvalue weighted by Gasteiger charge is -2.29. The third kappa shape index (κ3) is 8.16. The highest BCUT2D eigenvalue weighted by Crippen LogP contribution is 2.42. The molecule has 1 amide bonds. The van der Waals surface area contributed by atoms with Gasteiger partial charge in [0.1, 0.15) is 17.4 Å². The molecule has 0 unspecified atom stereocenters. The summed E-state index contributed by atoms with van der Waals surface area (Å²) in [5.41, 5.74) is 1.76. The highest BCUT2D eigenvalue weighted by Gasteiger charge is 2.41. The molecule has 246 valence electrons. The lowest BCUT2D eigenvalue weighted by molar-refractivity contribution is -0.140. The van der Waals surface area contributed by atoms with Crippen LogP contribution in [0.1, 0.15) is 45.9 Å². The number of hydrogen-bond acceptors (Lipinski definition) is 9. The predicted molar refractivity (Wildman–Crippen MR) is 167 cm³/mol. The monoisotopic (exact) mass is 652 g/mol. The Morgan fingerprint density at radius 3 is 2.51 bits per heavy atom. The van der Waals surface area contributed by atoms with Gasteiger partial charge in [0.15, 0.2) is 0 Å². The van der Waals surface area contributed by atoms with E-state index in [0.717, 1.165) is 43.3 Å². The number of carbonyl (C=O) groups excluding carboxylic acids is 1. The van der Waals surface area contributed by atoms with Gasteiger partial charge in [0.25, 0.3) is 5.91 Å². The first kappa shape index (κ1) is 35.8. The average molecular weight is 653 g/mol. The third-order valence-electron chi connectivity index (χ3n) is 7.91. The first-order valence-corrected chi connectivity index (χ1v) is 15.2. The van der Waals surface area contributed by atoms with Crippen LogP contribution in [0.5, 0.6) is 11.6 Å². The molecule has 0 bridgehead atoms.